The van der Waals surface area contributed by atoms with Gasteiger partial charge in [0, 0.05) is 6.20 Å². The number of alkyl halides is 7. The van der Waals surface area contributed by atoms with Gasteiger partial charge in [-0.05, 0) is 25.7 Å². The molecule has 2 fully saturated rings. The van der Waals surface area contributed by atoms with Crippen molar-refractivity contribution >= 4 is 21.7 Å². The van der Waals surface area contributed by atoms with Crippen LogP contribution in [-0.4, -0.2) is 33.4 Å². The van der Waals surface area contributed by atoms with Crippen LogP contribution in [0.4, 0.5) is 26.3 Å². The Balaban J connectivity index is 0.000000168. The lowest BCUT2D eigenvalue weighted by atomic mass is 10.0. The van der Waals surface area contributed by atoms with E-state index in [0.717, 1.165) is 0 Å². The molecule has 2 aliphatic carbocycles. The standard InChI is InChI=1S/C7H7F3N2.C6H6BrF3O/c8-7(9,10)6(1-2-6)5-3-11-4-12-5;7-3-4(11)5(1-2-5)6(8,9)10/h3-4H,1-2H2,(H,11,12);1-3H2. The highest BCUT2D eigenvalue weighted by molar-refractivity contribution is 9.09. The van der Waals surface area contributed by atoms with Gasteiger partial charge in [0.2, 0.25) is 0 Å². The summed E-state index contributed by atoms with van der Waals surface area (Å²) in [6, 6.07) is 0. The molecule has 0 aliphatic heterocycles. The van der Waals surface area contributed by atoms with Gasteiger partial charge in [-0.25, -0.2) is 4.98 Å². The van der Waals surface area contributed by atoms with Crippen molar-refractivity contribution in [1.29, 1.82) is 0 Å². The van der Waals surface area contributed by atoms with Crippen LogP contribution in [-0.2, 0) is 10.2 Å². The van der Waals surface area contributed by atoms with Crippen molar-refractivity contribution in [3.8, 4) is 0 Å². The summed E-state index contributed by atoms with van der Waals surface area (Å²) in [4.78, 5) is 17.0. The quantitative estimate of drug-likeness (QED) is 0.600. The van der Waals surface area contributed by atoms with E-state index < -0.39 is 29.0 Å². The van der Waals surface area contributed by atoms with Gasteiger partial charge in [0.1, 0.15) is 10.8 Å². The molecule has 0 unspecified atom stereocenters. The molecule has 1 heterocycles. The minimum atomic E-state index is -4.35. The molecule has 130 valence electrons. The third kappa shape index (κ3) is 3.27. The first kappa shape index (κ1) is 18.3. The fraction of sp³-hybridized carbons (Fsp3) is 0.692. The summed E-state index contributed by atoms with van der Waals surface area (Å²) in [6.07, 6.45) is -5.65. The summed E-state index contributed by atoms with van der Waals surface area (Å²) in [5.74, 6) is -0.745. The molecule has 0 saturated heterocycles. The van der Waals surface area contributed by atoms with E-state index in [1.54, 1.807) is 0 Å². The molecule has 0 radical (unpaired) electrons. The Morgan fingerprint density at radius 3 is 1.91 bits per heavy atom. The summed E-state index contributed by atoms with van der Waals surface area (Å²) in [5.41, 5.74) is -3.50. The minimum absolute atomic E-state index is 0.0407. The second-order valence-electron chi connectivity index (χ2n) is 5.67. The molecule has 3 nitrogen and oxygen atoms in total. The molecule has 0 amide bonds. The third-order valence-electron chi connectivity index (χ3n) is 4.23. The van der Waals surface area contributed by atoms with Crippen molar-refractivity contribution in [3.63, 3.8) is 0 Å². The number of H-pyrrole nitrogens is 1. The lowest BCUT2D eigenvalue weighted by Gasteiger charge is -2.16. The second kappa shape index (κ2) is 5.78. The predicted molar refractivity (Wildman–Crippen MR) is 72.1 cm³/mol. The maximum absolute atomic E-state index is 12.4. The SMILES string of the molecule is FC(F)(F)C1(c2c[nH]cn2)CC1.O=C(CBr)C1(C(F)(F)F)CC1. The number of hydrogen-bond donors (Lipinski definition) is 1. The zero-order valence-corrected chi connectivity index (χ0v) is 13.3. The van der Waals surface area contributed by atoms with Crippen molar-refractivity contribution in [3.05, 3.63) is 18.2 Å². The fourth-order valence-corrected chi connectivity index (χ4v) is 2.84. The fourth-order valence-electron chi connectivity index (χ4n) is 2.31. The van der Waals surface area contributed by atoms with Crippen LogP contribution in [0, 0.1) is 5.41 Å². The Morgan fingerprint density at radius 2 is 1.70 bits per heavy atom. The van der Waals surface area contributed by atoms with Gasteiger partial charge >= 0.3 is 12.4 Å². The lowest BCUT2D eigenvalue weighted by molar-refractivity contribution is -0.189. The predicted octanol–water partition coefficient (Wildman–Crippen LogP) is 4.30. The normalized spacial score (nSPS) is 21.2. The van der Waals surface area contributed by atoms with Gasteiger partial charge in [0.05, 0.1) is 17.4 Å². The van der Waals surface area contributed by atoms with Crippen LogP contribution in [0.25, 0.3) is 0 Å². The average Bonchev–Trinajstić information content (AvgIpc) is 3.35. The molecule has 1 aromatic heterocycles. The van der Waals surface area contributed by atoms with Gasteiger partial charge in [-0.1, -0.05) is 15.9 Å². The molecular weight excluding hydrogens is 394 g/mol. The molecule has 10 heteroatoms. The number of hydrogen-bond acceptors (Lipinski definition) is 2. The highest BCUT2D eigenvalue weighted by Crippen LogP contribution is 2.59. The molecule has 3 rings (SSSR count). The topological polar surface area (TPSA) is 45.8 Å². The second-order valence-corrected chi connectivity index (χ2v) is 6.23. The number of aromatic nitrogens is 2. The number of halogens is 7. The van der Waals surface area contributed by atoms with E-state index in [2.05, 4.69) is 25.9 Å². The van der Waals surface area contributed by atoms with Gasteiger partial charge in [0.15, 0.2) is 5.78 Å². The van der Waals surface area contributed by atoms with Crippen molar-refractivity contribution in [2.24, 2.45) is 5.41 Å². The monoisotopic (exact) mass is 406 g/mol. The Kier molecular flexibility index (Phi) is 4.60. The summed E-state index contributed by atoms with van der Waals surface area (Å²) >= 11 is 2.73. The average molecular weight is 407 g/mol. The highest BCUT2D eigenvalue weighted by atomic mass is 79.9. The van der Waals surface area contributed by atoms with E-state index in [1.807, 2.05) is 0 Å². The number of rotatable bonds is 3. The number of nitrogens with zero attached hydrogens (tertiary/aromatic N) is 1. The number of aromatic amines is 1. The Morgan fingerprint density at radius 1 is 1.13 bits per heavy atom. The summed E-state index contributed by atoms with van der Waals surface area (Å²) in [5, 5.41) is -0.202. The molecule has 0 aromatic carbocycles. The van der Waals surface area contributed by atoms with Gasteiger partial charge in [-0.15, -0.1) is 0 Å². The maximum Gasteiger partial charge on any atom is 0.401 e. The number of Topliss-reactive ketones (excluding diaryl/α,β-unsaturated/α-hetero) is 1. The first-order valence-electron chi connectivity index (χ1n) is 6.72. The number of carbonyl (C=O) groups excluding carboxylic acids is 1. The van der Waals surface area contributed by atoms with E-state index in [9.17, 15) is 31.1 Å². The third-order valence-corrected chi connectivity index (χ3v) is 4.74. The van der Waals surface area contributed by atoms with Gasteiger partial charge < -0.3 is 4.98 Å². The van der Waals surface area contributed by atoms with E-state index >= 15 is 0 Å². The number of ketones is 1. The maximum atomic E-state index is 12.4. The first-order valence-corrected chi connectivity index (χ1v) is 7.84. The van der Waals surface area contributed by atoms with E-state index in [4.69, 9.17) is 0 Å². The zero-order valence-electron chi connectivity index (χ0n) is 11.7. The Labute approximate surface area is 136 Å². The van der Waals surface area contributed by atoms with Gasteiger partial charge in [0.25, 0.3) is 0 Å². The van der Waals surface area contributed by atoms with Crippen LogP contribution < -0.4 is 0 Å². The molecule has 2 aliphatic rings. The van der Waals surface area contributed by atoms with Crippen LogP contribution >= 0.6 is 15.9 Å². The highest BCUT2D eigenvalue weighted by Gasteiger charge is 2.67. The van der Waals surface area contributed by atoms with Crippen LogP contribution in [0.3, 0.4) is 0 Å². The van der Waals surface area contributed by atoms with Crippen LogP contribution in [0.15, 0.2) is 12.5 Å². The van der Waals surface area contributed by atoms with E-state index in [0.29, 0.717) is 0 Å². The smallest absolute Gasteiger partial charge is 0.351 e. The number of nitrogens with one attached hydrogen (secondary N) is 1. The molecule has 2 saturated carbocycles. The molecule has 0 spiro atoms. The minimum Gasteiger partial charge on any atom is -0.351 e. The zero-order chi connectivity index (χ0) is 17.5. The molecule has 23 heavy (non-hydrogen) atoms. The molecular formula is C13H13BrF6N2O. The first-order chi connectivity index (χ1) is 10.5. The van der Waals surface area contributed by atoms with Crippen molar-refractivity contribution in [1.82, 2.24) is 9.97 Å². The summed E-state index contributed by atoms with van der Waals surface area (Å²) in [7, 11) is 0. The van der Waals surface area contributed by atoms with E-state index in [-0.39, 0.29) is 36.7 Å². The largest absolute Gasteiger partial charge is 0.401 e. The van der Waals surface area contributed by atoms with Crippen LogP contribution in [0.5, 0.6) is 0 Å². The van der Waals surface area contributed by atoms with Gasteiger partial charge in [-0.2, -0.15) is 26.3 Å². The molecule has 0 atom stereocenters. The summed E-state index contributed by atoms with van der Waals surface area (Å²) < 4.78 is 73.5. The Hall–Kier alpha value is -1.06. The number of imidazole rings is 1. The van der Waals surface area contributed by atoms with Crippen molar-refractivity contribution in [2.45, 2.75) is 43.5 Å². The Bertz CT molecular complexity index is 558. The van der Waals surface area contributed by atoms with E-state index in [1.165, 1.54) is 12.5 Å². The van der Waals surface area contributed by atoms with Crippen LogP contribution in [0.2, 0.25) is 0 Å². The van der Waals surface area contributed by atoms with Crippen molar-refractivity contribution in [2.75, 3.05) is 5.33 Å². The van der Waals surface area contributed by atoms with Gasteiger partial charge in [-0.3, -0.25) is 4.79 Å². The lowest BCUT2D eigenvalue weighted by Crippen LogP contribution is -2.33. The number of carbonyl (C=O) groups is 1. The molecule has 1 aromatic rings. The van der Waals surface area contributed by atoms with Crippen molar-refractivity contribution < 1.29 is 31.1 Å². The summed E-state index contributed by atoms with van der Waals surface area (Å²) in [6.45, 7) is 0. The van der Waals surface area contributed by atoms with Crippen LogP contribution in [0.1, 0.15) is 31.4 Å². The molecule has 1 N–H and O–H groups in total. The molecule has 0 bridgehead atoms.